The van der Waals surface area contributed by atoms with Gasteiger partial charge in [-0.1, -0.05) is 89.9 Å². The van der Waals surface area contributed by atoms with Gasteiger partial charge in [0, 0.05) is 39.7 Å². The topological polar surface area (TPSA) is 25.8 Å². The maximum absolute atomic E-state index is 4.81. The van der Waals surface area contributed by atoms with Gasteiger partial charge >= 0.3 is 0 Å². The second kappa shape index (κ2) is 10.9. The van der Waals surface area contributed by atoms with Crippen molar-refractivity contribution < 1.29 is 0 Å². The molecule has 0 aliphatic carbocycles. The first-order chi connectivity index (χ1) is 18.9. The van der Waals surface area contributed by atoms with E-state index in [2.05, 4.69) is 101 Å². The second-order valence-corrected chi connectivity index (χ2v) is 26.7. The molecule has 2 nitrogen and oxygen atoms in total. The normalized spacial score (nSPS) is 13.0. The minimum Gasteiger partial charge on any atom is -0.172 e. The average molecular weight is 641 g/mol. The molecule has 39 heavy (non-hydrogen) atoms. The van der Waals surface area contributed by atoms with E-state index < -0.39 is 16.1 Å². The minimum absolute atomic E-state index is 1.05. The molecule has 0 bridgehead atoms. The first-order valence-electron chi connectivity index (χ1n) is 14.3. The van der Waals surface area contributed by atoms with Crippen LogP contribution in [0.15, 0.2) is 36.4 Å². The summed E-state index contributed by atoms with van der Waals surface area (Å²) >= 11 is 9.32. The summed E-state index contributed by atoms with van der Waals surface area (Å²) in [7, 11) is -2.67. The van der Waals surface area contributed by atoms with E-state index in [1.54, 1.807) is 9.00 Å². The molecule has 0 saturated carbocycles. The molecule has 5 aromatic heterocycles. The van der Waals surface area contributed by atoms with Gasteiger partial charge in [-0.3, -0.25) is 0 Å². The molecule has 0 amide bonds. The maximum atomic E-state index is 4.81. The summed E-state index contributed by atoms with van der Waals surface area (Å²) in [6, 6.07) is 22.5. The average Bonchev–Trinajstić information content (AvgIpc) is 3.77. The van der Waals surface area contributed by atoms with Gasteiger partial charge in [0.2, 0.25) is 0 Å². The molecule has 1 aromatic carbocycles. The van der Waals surface area contributed by atoms with Crippen LogP contribution in [-0.4, -0.2) is 24.9 Å². The first-order valence-corrected chi connectivity index (χ1v) is 23.5. The Hall–Kier alpha value is -1.21. The van der Waals surface area contributed by atoms with Crippen molar-refractivity contribution in [3.63, 3.8) is 0 Å². The molecule has 5 heterocycles. The standard InChI is InChI=1S/C30H36N2S5Si2/c1-7-38(8-2,9-3)27-17-25-23(35-27)15-21(33-25)19-13-14-20(30-29(19)31-37-32-30)22-16-24-26(34-22)18-28(36-24)39(10-4,11-5)12-6/h13-18H,7-12H2,1-6H3. The minimum atomic E-state index is -1.34. The fraction of sp³-hybridized carbons (Fsp3) is 0.400. The monoisotopic (exact) mass is 640 g/mol. The molecule has 0 unspecified atom stereocenters. The summed E-state index contributed by atoms with van der Waals surface area (Å²) in [6.45, 7) is 14.4. The highest BCUT2D eigenvalue weighted by molar-refractivity contribution is 7.37. The molecule has 0 aliphatic heterocycles. The number of fused-ring (bicyclic) bond motifs is 3. The molecule has 6 rings (SSSR count). The van der Waals surface area contributed by atoms with Crippen molar-refractivity contribution in [3.05, 3.63) is 36.4 Å². The molecule has 204 valence electrons. The van der Waals surface area contributed by atoms with Crippen molar-refractivity contribution in [1.82, 2.24) is 8.75 Å². The van der Waals surface area contributed by atoms with Crippen molar-refractivity contribution in [3.8, 4) is 20.9 Å². The van der Waals surface area contributed by atoms with Crippen molar-refractivity contribution in [2.75, 3.05) is 0 Å². The van der Waals surface area contributed by atoms with Crippen LogP contribution in [0, 0.1) is 0 Å². The summed E-state index contributed by atoms with van der Waals surface area (Å²) in [5.41, 5.74) is 4.57. The lowest BCUT2D eigenvalue weighted by Gasteiger charge is -2.26. The van der Waals surface area contributed by atoms with Crippen molar-refractivity contribution in [1.29, 1.82) is 0 Å². The smallest absolute Gasteiger partial charge is 0.114 e. The van der Waals surface area contributed by atoms with Crippen LogP contribution >= 0.6 is 57.1 Å². The Balaban J connectivity index is 1.37. The zero-order valence-corrected chi connectivity index (χ0v) is 29.7. The molecular weight excluding hydrogens is 605 g/mol. The highest BCUT2D eigenvalue weighted by atomic mass is 32.1. The number of aromatic nitrogens is 2. The van der Waals surface area contributed by atoms with Gasteiger partial charge in [-0.05, 0) is 33.3 Å². The number of benzene rings is 1. The summed E-state index contributed by atoms with van der Waals surface area (Å²) < 4.78 is 18.8. The predicted octanol–water partition coefficient (Wildman–Crippen LogP) is 11.0. The lowest BCUT2D eigenvalue weighted by Crippen LogP contribution is -2.43. The molecular formula is C30H36N2S5Si2. The number of hydrogen-bond donors (Lipinski definition) is 0. The van der Waals surface area contributed by atoms with Crippen molar-refractivity contribution in [2.24, 2.45) is 0 Å². The largest absolute Gasteiger partial charge is 0.172 e. The zero-order chi connectivity index (χ0) is 27.4. The van der Waals surface area contributed by atoms with Crippen LogP contribution in [0.4, 0.5) is 0 Å². The van der Waals surface area contributed by atoms with Crippen LogP contribution in [0.25, 0.3) is 50.7 Å². The van der Waals surface area contributed by atoms with E-state index in [4.69, 9.17) is 8.75 Å². The predicted molar refractivity (Wildman–Crippen MR) is 188 cm³/mol. The Labute approximate surface area is 254 Å². The van der Waals surface area contributed by atoms with E-state index >= 15 is 0 Å². The van der Waals surface area contributed by atoms with Crippen LogP contribution in [0.1, 0.15) is 41.5 Å². The van der Waals surface area contributed by atoms with Crippen LogP contribution in [0.3, 0.4) is 0 Å². The van der Waals surface area contributed by atoms with Gasteiger partial charge < -0.3 is 0 Å². The highest BCUT2D eigenvalue weighted by Gasteiger charge is 2.32. The highest BCUT2D eigenvalue weighted by Crippen LogP contribution is 2.44. The van der Waals surface area contributed by atoms with E-state index in [0.717, 1.165) is 11.0 Å². The number of hydrogen-bond acceptors (Lipinski definition) is 7. The molecule has 9 heteroatoms. The van der Waals surface area contributed by atoms with E-state index in [9.17, 15) is 0 Å². The Bertz CT molecular complexity index is 1550. The SMILES string of the molecule is CC[Si](CC)(CC)c1cc2sc(-c3ccc(-c4cc5sc([Si](CC)(CC)CC)cc5s4)c4nsnc34)cc2s1. The van der Waals surface area contributed by atoms with Gasteiger partial charge in [-0.2, -0.15) is 8.75 Å². The Kier molecular flexibility index (Phi) is 7.80. The molecule has 0 N–H and O–H groups in total. The van der Waals surface area contributed by atoms with Gasteiger partial charge in [-0.15, -0.1) is 45.3 Å². The fourth-order valence-corrected chi connectivity index (χ4v) is 22.4. The summed E-state index contributed by atoms with van der Waals surface area (Å²) in [5.74, 6) is 0. The van der Waals surface area contributed by atoms with Gasteiger partial charge in [0.05, 0.1) is 27.9 Å². The third-order valence-corrected chi connectivity index (χ3v) is 28.0. The maximum Gasteiger partial charge on any atom is 0.114 e. The number of rotatable bonds is 10. The number of nitrogens with zero attached hydrogens (tertiary/aromatic N) is 2. The van der Waals surface area contributed by atoms with Crippen molar-refractivity contribution in [2.45, 2.75) is 77.8 Å². The molecule has 6 aromatic rings. The van der Waals surface area contributed by atoms with Gasteiger partial charge in [0.1, 0.15) is 11.0 Å². The van der Waals surface area contributed by atoms with Crippen LogP contribution in [-0.2, 0) is 0 Å². The zero-order valence-electron chi connectivity index (χ0n) is 23.6. The second-order valence-electron chi connectivity index (χ2n) is 10.7. The Morgan fingerprint density at radius 1 is 0.513 bits per heavy atom. The van der Waals surface area contributed by atoms with E-state index in [0.29, 0.717) is 0 Å². The molecule has 0 radical (unpaired) electrons. The fourth-order valence-electron chi connectivity index (χ4n) is 6.27. The van der Waals surface area contributed by atoms with Crippen LogP contribution in [0.2, 0.25) is 36.3 Å². The van der Waals surface area contributed by atoms with Crippen molar-refractivity contribution >= 4 is 112 Å². The molecule has 0 saturated heterocycles. The first kappa shape index (κ1) is 27.9. The summed E-state index contributed by atoms with van der Waals surface area (Å²) in [4.78, 5) is 2.64. The van der Waals surface area contributed by atoms with Gasteiger partial charge in [-0.25, -0.2) is 0 Å². The third kappa shape index (κ3) is 4.47. The lowest BCUT2D eigenvalue weighted by atomic mass is 10.1. The molecule has 0 spiro atoms. The van der Waals surface area contributed by atoms with Crippen LogP contribution in [0.5, 0.6) is 0 Å². The third-order valence-electron chi connectivity index (χ3n) is 9.47. The Morgan fingerprint density at radius 3 is 1.21 bits per heavy atom. The Morgan fingerprint density at radius 2 is 0.872 bits per heavy atom. The summed E-state index contributed by atoms with van der Waals surface area (Å²) in [6.07, 6.45) is 0. The molecule has 0 fully saturated rings. The van der Waals surface area contributed by atoms with Gasteiger partial charge in [0.15, 0.2) is 0 Å². The van der Waals surface area contributed by atoms with Gasteiger partial charge in [0.25, 0.3) is 0 Å². The van der Waals surface area contributed by atoms with E-state index in [-0.39, 0.29) is 0 Å². The quantitative estimate of drug-likeness (QED) is 0.139. The molecule has 0 atom stereocenters. The van der Waals surface area contributed by atoms with E-state index in [1.165, 1.54) is 87.7 Å². The lowest BCUT2D eigenvalue weighted by molar-refractivity contribution is 1.20. The van der Waals surface area contributed by atoms with Crippen LogP contribution < -0.4 is 9.00 Å². The molecule has 0 aliphatic rings. The van der Waals surface area contributed by atoms with E-state index in [1.807, 2.05) is 22.7 Å². The summed E-state index contributed by atoms with van der Waals surface area (Å²) in [5, 5.41) is 0. The number of thiophene rings is 4.